The summed E-state index contributed by atoms with van der Waals surface area (Å²) in [6, 6.07) is 1.66. The molecule has 1 aromatic heterocycles. The number of rotatable bonds is 1. The summed E-state index contributed by atoms with van der Waals surface area (Å²) in [7, 11) is 9.31. The van der Waals surface area contributed by atoms with Crippen molar-refractivity contribution in [1.29, 1.82) is 0 Å². The van der Waals surface area contributed by atoms with Crippen molar-refractivity contribution in [3.63, 3.8) is 0 Å². The maximum atomic E-state index is 10.6. The first-order valence-electron chi connectivity index (χ1n) is 2.24. The highest BCUT2D eigenvalue weighted by atomic mass is 79.9. The first-order valence-corrected chi connectivity index (χ1v) is 5.82. The van der Waals surface area contributed by atoms with Crippen molar-refractivity contribution in [3.05, 3.63) is 10.5 Å². The zero-order valence-electron chi connectivity index (χ0n) is 4.64. The first kappa shape index (κ1) is 8.78. The normalized spacial score (nSPS) is 13.4. The first-order chi connectivity index (χ1) is 4.61. The third-order valence-electron chi connectivity index (χ3n) is 0.849. The molecule has 0 N–H and O–H groups in total. The Morgan fingerprint density at radius 1 is 1.80 bits per heavy atom. The Morgan fingerprint density at radius 2 is 2.40 bits per heavy atom. The van der Waals surface area contributed by atoms with Crippen LogP contribution in [0.4, 0.5) is 0 Å². The van der Waals surface area contributed by atoms with E-state index in [9.17, 15) is 4.21 Å². The molecule has 0 aliphatic carbocycles. The van der Waals surface area contributed by atoms with Gasteiger partial charge in [0.05, 0.1) is 0 Å². The zero-order chi connectivity index (χ0) is 7.72. The van der Waals surface area contributed by atoms with Gasteiger partial charge in [-0.05, 0) is 21.5 Å². The van der Waals surface area contributed by atoms with E-state index in [1.54, 1.807) is 6.07 Å². The van der Waals surface area contributed by atoms with Crippen molar-refractivity contribution in [2.24, 2.45) is 0 Å². The smallest absolute Gasteiger partial charge is 0.157 e. The molecule has 1 heterocycles. The SMILES string of the molecule is [B]c1sc(S(=O)Cl)cc1Br. The lowest BCUT2D eigenvalue weighted by Crippen LogP contribution is -1.92. The van der Waals surface area contributed by atoms with Crippen molar-refractivity contribution in [3.8, 4) is 0 Å². The van der Waals surface area contributed by atoms with Crippen LogP contribution < -0.4 is 4.78 Å². The fraction of sp³-hybridized carbons (Fsp3) is 0. The van der Waals surface area contributed by atoms with Crippen molar-refractivity contribution in [2.75, 3.05) is 0 Å². The molecule has 1 unspecified atom stereocenters. The van der Waals surface area contributed by atoms with Gasteiger partial charge in [0.2, 0.25) is 0 Å². The minimum absolute atomic E-state index is 0.575. The van der Waals surface area contributed by atoms with Gasteiger partial charge in [0.25, 0.3) is 0 Å². The van der Waals surface area contributed by atoms with Crippen LogP contribution >= 0.6 is 37.9 Å². The zero-order valence-corrected chi connectivity index (χ0v) is 8.61. The van der Waals surface area contributed by atoms with Gasteiger partial charge in [0.1, 0.15) is 12.1 Å². The van der Waals surface area contributed by atoms with Crippen LogP contribution in [0.5, 0.6) is 0 Å². The minimum Gasteiger partial charge on any atom is -0.236 e. The van der Waals surface area contributed by atoms with Crippen molar-refractivity contribution in [2.45, 2.75) is 4.21 Å². The summed E-state index contributed by atoms with van der Waals surface area (Å²) in [5.41, 5.74) is 0. The molecule has 0 amide bonds. The van der Waals surface area contributed by atoms with Crippen LogP contribution in [0.2, 0.25) is 0 Å². The summed E-state index contributed by atoms with van der Waals surface area (Å²) in [5, 5.41) is 0. The Kier molecular flexibility index (Phi) is 2.97. The standard InChI is InChI=1S/C4HBBrClOS2/c5-4-2(6)1-3(9-4)10(7)8/h1H. The summed E-state index contributed by atoms with van der Waals surface area (Å²) < 4.78 is 12.5. The van der Waals surface area contributed by atoms with E-state index in [0.29, 0.717) is 8.99 Å². The number of hydrogen-bond acceptors (Lipinski definition) is 2. The second-order valence-corrected chi connectivity index (χ2v) is 5.43. The number of hydrogen-bond donors (Lipinski definition) is 0. The molecule has 6 heteroatoms. The van der Waals surface area contributed by atoms with Crippen LogP contribution in [0.1, 0.15) is 0 Å². The van der Waals surface area contributed by atoms with E-state index < -0.39 is 10.0 Å². The van der Waals surface area contributed by atoms with Crippen LogP contribution in [0.15, 0.2) is 14.7 Å². The van der Waals surface area contributed by atoms with Gasteiger partial charge < -0.3 is 0 Å². The van der Waals surface area contributed by atoms with Crippen molar-refractivity contribution >= 4 is 60.6 Å². The average Bonchev–Trinajstić information content (AvgIpc) is 2.13. The molecule has 2 radical (unpaired) electrons. The van der Waals surface area contributed by atoms with Gasteiger partial charge in [-0.1, -0.05) is 15.9 Å². The third-order valence-corrected chi connectivity index (χ3v) is 4.44. The van der Waals surface area contributed by atoms with E-state index in [0.717, 1.165) is 4.47 Å². The second-order valence-electron chi connectivity index (χ2n) is 1.50. The van der Waals surface area contributed by atoms with Gasteiger partial charge in [0, 0.05) is 4.47 Å². The maximum absolute atomic E-state index is 10.6. The molecule has 0 bridgehead atoms. The lowest BCUT2D eigenvalue weighted by atomic mass is 10.1. The summed E-state index contributed by atoms with van der Waals surface area (Å²) in [6.07, 6.45) is 0. The molecule has 0 spiro atoms. The van der Waals surface area contributed by atoms with Crippen LogP contribution in [-0.4, -0.2) is 12.1 Å². The molecule has 1 atom stereocenters. The fourth-order valence-corrected chi connectivity index (χ4v) is 2.92. The molecular weight excluding hydrogens is 254 g/mol. The Bertz CT molecular complexity index is 255. The monoisotopic (exact) mass is 254 g/mol. The molecule has 0 aliphatic rings. The number of halogens is 2. The number of thiophene rings is 1. The van der Waals surface area contributed by atoms with Crippen molar-refractivity contribution in [1.82, 2.24) is 0 Å². The molecule has 0 aliphatic heterocycles. The molecule has 0 fully saturated rings. The third kappa shape index (κ3) is 1.84. The molecule has 10 heavy (non-hydrogen) atoms. The Balaban J connectivity index is 3.10. The molecule has 1 rings (SSSR count). The van der Waals surface area contributed by atoms with E-state index in [1.807, 2.05) is 0 Å². The summed E-state index contributed by atoms with van der Waals surface area (Å²) in [6.45, 7) is 0. The Morgan fingerprint density at radius 3 is 2.60 bits per heavy atom. The van der Waals surface area contributed by atoms with Crippen LogP contribution in [0.3, 0.4) is 0 Å². The van der Waals surface area contributed by atoms with Gasteiger partial charge in [-0.2, -0.15) is 0 Å². The van der Waals surface area contributed by atoms with E-state index in [2.05, 4.69) is 15.9 Å². The predicted molar refractivity (Wildman–Crippen MR) is 49.7 cm³/mol. The van der Waals surface area contributed by atoms with E-state index in [-0.39, 0.29) is 0 Å². The second kappa shape index (κ2) is 3.39. The van der Waals surface area contributed by atoms with Crippen LogP contribution in [0.25, 0.3) is 0 Å². The van der Waals surface area contributed by atoms with Gasteiger partial charge in [-0.3, -0.25) is 0 Å². The summed E-state index contributed by atoms with van der Waals surface area (Å²) in [5.74, 6) is 0. The predicted octanol–water partition coefficient (Wildman–Crippen LogP) is 1.57. The molecule has 1 nitrogen and oxygen atoms in total. The quantitative estimate of drug-likeness (QED) is 0.550. The van der Waals surface area contributed by atoms with E-state index in [4.69, 9.17) is 18.5 Å². The summed E-state index contributed by atoms with van der Waals surface area (Å²) in [4.78, 5) is 0. The lowest BCUT2D eigenvalue weighted by molar-refractivity contribution is 0.692. The molecule has 52 valence electrons. The lowest BCUT2D eigenvalue weighted by Gasteiger charge is -1.79. The highest BCUT2D eigenvalue weighted by Gasteiger charge is 2.05. The molecule has 1 aromatic rings. The Hall–Kier alpha value is 0.685. The molecule has 0 saturated carbocycles. The molecule has 0 aromatic carbocycles. The maximum Gasteiger partial charge on any atom is 0.157 e. The Labute approximate surface area is 79.3 Å². The van der Waals surface area contributed by atoms with E-state index >= 15 is 0 Å². The van der Waals surface area contributed by atoms with Crippen LogP contribution in [-0.2, 0) is 10.0 Å². The highest BCUT2D eigenvalue weighted by molar-refractivity contribution is 9.10. The van der Waals surface area contributed by atoms with Gasteiger partial charge in [-0.15, -0.1) is 11.3 Å². The molecular formula is C4HBBrClOS2. The van der Waals surface area contributed by atoms with Gasteiger partial charge in [-0.25, -0.2) is 4.21 Å². The fourth-order valence-electron chi connectivity index (χ4n) is 0.440. The van der Waals surface area contributed by atoms with E-state index in [1.165, 1.54) is 11.3 Å². The van der Waals surface area contributed by atoms with Gasteiger partial charge >= 0.3 is 0 Å². The topological polar surface area (TPSA) is 17.1 Å². The molecule has 0 saturated heterocycles. The summed E-state index contributed by atoms with van der Waals surface area (Å²) >= 11 is 4.40. The average molecular weight is 255 g/mol. The highest BCUT2D eigenvalue weighted by Crippen LogP contribution is 2.21. The largest absolute Gasteiger partial charge is 0.236 e. The van der Waals surface area contributed by atoms with Crippen LogP contribution in [0, 0.1) is 0 Å². The van der Waals surface area contributed by atoms with Gasteiger partial charge in [0.15, 0.2) is 10.0 Å². The van der Waals surface area contributed by atoms with Crippen molar-refractivity contribution < 1.29 is 4.21 Å². The minimum atomic E-state index is -1.44.